The molecule has 0 aliphatic carbocycles. The number of carbonyl (C=O) groups excluding carboxylic acids is 1. The molecule has 1 fully saturated rings. The third-order valence-corrected chi connectivity index (χ3v) is 2.95. The lowest BCUT2D eigenvalue weighted by atomic mass is 10.3. The van der Waals surface area contributed by atoms with E-state index in [1.165, 1.54) is 16.7 Å². The first-order chi connectivity index (χ1) is 6.52. The van der Waals surface area contributed by atoms with E-state index in [4.69, 9.17) is 5.11 Å². The molecule has 1 aliphatic rings. The number of carboxylic acids is 1. The number of likely N-dealkylation sites (N-methyl/N-ethyl adjacent to an activating group) is 1. The van der Waals surface area contributed by atoms with Gasteiger partial charge in [0.25, 0.3) is 0 Å². The van der Waals surface area contributed by atoms with Crippen molar-refractivity contribution < 1.29 is 14.7 Å². The van der Waals surface area contributed by atoms with Gasteiger partial charge in [0, 0.05) is 5.75 Å². The standard InChI is InChI=1S/C8H14N2O3S/c1-9(2)3-7(11)10-5-14-4-6(10)8(12)13/h6H,3-5H2,1-2H3,(H,12,13)/t6-/m0/s1. The maximum absolute atomic E-state index is 11.6. The summed E-state index contributed by atoms with van der Waals surface area (Å²) < 4.78 is 0. The molecule has 1 N–H and O–H groups in total. The van der Waals surface area contributed by atoms with Gasteiger partial charge in [-0.1, -0.05) is 0 Å². The number of hydrogen-bond donors (Lipinski definition) is 1. The van der Waals surface area contributed by atoms with Crippen LogP contribution in [-0.2, 0) is 9.59 Å². The van der Waals surface area contributed by atoms with E-state index in [9.17, 15) is 9.59 Å². The van der Waals surface area contributed by atoms with E-state index in [1.807, 2.05) is 0 Å². The summed E-state index contributed by atoms with van der Waals surface area (Å²) >= 11 is 1.48. The minimum absolute atomic E-state index is 0.118. The number of aliphatic carboxylic acids is 1. The second-order valence-corrected chi connectivity index (χ2v) is 4.46. The van der Waals surface area contributed by atoms with Crippen LogP contribution in [0.25, 0.3) is 0 Å². The van der Waals surface area contributed by atoms with Gasteiger partial charge in [-0.05, 0) is 14.1 Å². The van der Waals surface area contributed by atoms with Gasteiger partial charge in [0.1, 0.15) is 6.04 Å². The first kappa shape index (κ1) is 11.3. The fourth-order valence-corrected chi connectivity index (χ4v) is 2.43. The van der Waals surface area contributed by atoms with Crippen molar-refractivity contribution in [2.75, 3.05) is 32.3 Å². The molecule has 0 aromatic rings. The first-order valence-electron chi connectivity index (χ1n) is 4.27. The predicted molar refractivity (Wildman–Crippen MR) is 54.1 cm³/mol. The predicted octanol–water partition coefficient (Wildman–Crippen LogP) is -0.466. The van der Waals surface area contributed by atoms with E-state index in [2.05, 4.69) is 0 Å². The molecule has 1 amide bonds. The molecule has 0 spiro atoms. The van der Waals surface area contributed by atoms with Gasteiger partial charge in [0.05, 0.1) is 12.4 Å². The normalized spacial score (nSPS) is 21.6. The van der Waals surface area contributed by atoms with Crippen LogP contribution in [-0.4, -0.2) is 65.1 Å². The molecular formula is C8H14N2O3S. The molecule has 1 aliphatic heterocycles. The van der Waals surface area contributed by atoms with Gasteiger partial charge >= 0.3 is 5.97 Å². The smallest absolute Gasteiger partial charge is 0.327 e. The minimum atomic E-state index is -0.915. The number of hydrogen-bond acceptors (Lipinski definition) is 4. The van der Waals surface area contributed by atoms with Crippen LogP contribution >= 0.6 is 11.8 Å². The van der Waals surface area contributed by atoms with E-state index in [0.29, 0.717) is 11.6 Å². The molecule has 0 saturated carbocycles. The molecule has 5 nitrogen and oxygen atoms in total. The van der Waals surface area contributed by atoms with E-state index < -0.39 is 12.0 Å². The Bertz CT molecular complexity index is 245. The van der Waals surface area contributed by atoms with Crippen molar-refractivity contribution in [1.29, 1.82) is 0 Å². The maximum Gasteiger partial charge on any atom is 0.327 e. The molecule has 1 saturated heterocycles. The van der Waals surface area contributed by atoms with E-state index in [1.54, 1.807) is 19.0 Å². The fourth-order valence-electron chi connectivity index (χ4n) is 1.25. The molecule has 1 rings (SSSR count). The summed E-state index contributed by atoms with van der Waals surface area (Å²) in [5.74, 6) is -0.0486. The van der Waals surface area contributed by atoms with Crippen molar-refractivity contribution in [3.8, 4) is 0 Å². The Kier molecular flexibility index (Phi) is 3.77. The second-order valence-electron chi connectivity index (χ2n) is 3.46. The topological polar surface area (TPSA) is 60.9 Å². The van der Waals surface area contributed by atoms with Gasteiger partial charge in [-0.15, -0.1) is 11.8 Å². The summed E-state index contributed by atoms with van der Waals surface area (Å²) in [6, 6.07) is -0.646. The van der Waals surface area contributed by atoms with Crippen LogP contribution in [0.15, 0.2) is 0 Å². The Labute approximate surface area is 87.0 Å². The van der Waals surface area contributed by atoms with E-state index >= 15 is 0 Å². The van der Waals surface area contributed by atoms with Gasteiger partial charge in [-0.3, -0.25) is 4.79 Å². The van der Waals surface area contributed by atoms with Crippen LogP contribution in [0.5, 0.6) is 0 Å². The monoisotopic (exact) mass is 218 g/mol. The number of nitrogens with zero attached hydrogens (tertiary/aromatic N) is 2. The molecule has 0 aromatic carbocycles. The second kappa shape index (κ2) is 4.65. The average Bonchev–Trinajstić information content (AvgIpc) is 2.49. The van der Waals surface area contributed by atoms with Crippen LogP contribution in [0, 0.1) is 0 Å². The summed E-state index contributed by atoms with van der Waals surface area (Å²) in [5.41, 5.74) is 0. The Morgan fingerprint density at radius 2 is 2.21 bits per heavy atom. The first-order valence-corrected chi connectivity index (χ1v) is 5.42. The fraction of sp³-hybridized carbons (Fsp3) is 0.750. The van der Waals surface area contributed by atoms with Crippen molar-refractivity contribution in [1.82, 2.24) is 9.80 Å². The Morgan fingerprint density at radius 3 is 2.71 bits per heavy atom. The molecule has 0 unspecified atom stereocenters. The third-order valence-electron chi connectivity index (χ3n) is 1.94. The molecule has 1 atom stereocenters. The number of carboxylic acid groups (broad SMARTS) is 1. The molecule has 0 radical (unpaired) electrons. The largest absolute Gasteiger partial charge is 0.480 e. The van der Waals surface area contributed by atoms with Gasteiger partial charge in [0.2, 0.25) is 5.91 Å². The van der Waals surface area contributed by atoms with Crippen LogP contribution < -0.4 is 0 Å². The lowest BCUT2D eigenvalue weighted by Gasteiger charge is -2.22. The van der Waals surface area contributed by atoms with Crippen LogP contribution in [0.1, 0.15) is 0 Å². The highest BCUT2D eigenvalue weighted by atomic mass is 32.2. The van der Waals surface area contributed by atoms with E-state index in [-0.39, 0.29) is 12.5 Å². The number of carbonyl (C=O) groups is 2. The Hall–Kier alpha value is -0.750. The molecular weight excluding hydrogens is 204 g/mol. The van der Waals surface area contributed by atoms with Crippen molar-refractivity contribution in [3.63, 3.8) is 0 Å². The van der Waals surface area contributed by atoms with Gasteiger partial charge in [-0.2, -0.15) is 0 Å². The number of rotatable bonds is 3. The van der Waals surface area contributed by atoms with Crippen molar-refractivity contribution in [3.05, 3.63) is 0 Å². The SMILES string of the molecule is CN(C)CC(=O)N1CSC[C@H]1C(=O)O. The molecule has 14 heavy (non-hydrogen) atoms. The van der Waals surface area contributed by atoms with Gasteiger partial charge < -0.3 is 14.9 Å². The Morgan fingerprint density at radius 1 is 1.57 bits per heavy atom. The van der Waals surface area contributed by atoms with Crippen molar-refractivity contribution in [2.45, 2.75) is 6.04 Å². The van der Waals surface area contributed by atoms with Gasteiger partial charge in [-0.25, -0.2) is 4.79 Å². The summed E-state index contributed by atoms with van der Waals surface area (Å²) in [6.07, 6.45) is 0. The minimum Gasteiger partial charge on any atom is -0.480 e. The van der Waals surface area contributed by atoms with Crippen LogP contribution in [0.2, 0.25) is 0 Å². The quantitative estimate of drug-likeness (QED) is 0.694. The lowest BCUT2D eigenvalue weighted by Crippen LogP contribution is -2.45. The van der Waals surface area contributed by atoms with Crippen molar-refractivity contribution >= 4 is 23.6 Å². The zero-order valence-electron chi connectivity index (χ0n) is 8.27. The molecule has 1 heterocycles. The van der Waals surface area contributed by atoms with Crippen LogP contribution in [0.3, 0.4) is 0 Å². The maximum atomic E-state index is 11.6. The van der Waals surface area contributed by atoms with E-state index in [0.717, 1.165) is 0 Å². The molecule has 80 valence electrons. The molecule has 0 bridgehead atoms. The Balaban J connectivity index is 2.58. The zero-order valence-corrected chi connectivity index (χ0v) is 9.08. The highest BCUT2D eigenvalue weighted by Gasteiger charge is 2.34. The van der Waals surface area contributed by atoms with Crippen molar-refractivity contribution in [2.24, 2.45) is 0 Å². The molecule has 6 heteroatoms. The number of amides is 1. The summed E-state index contributed by atoms with van der Waals surface area (Å²) in [4.78, 5) is 25.5. The number of thioether (sulfide) groups is 1. The highest BCUT2D eigenvalue weighted by Crippen LogP contribution is 2.20. The summed E-state index contributed by atoms with van der Waals surface area (Å²) in [5, 5.41) is 8.85. The third kappa shape index (κ3) is 2.62. The highest BCUT2D eigenvalue weighted by molar-refractivity contribution is 7.99. The zero-order chi connectivity index (χ0) is 10.7. The van der Waals surface area contributed by atoms with Gasteiger partial charge in [0.15, 0.2) is 0 Å². The average molecular weight is 218 g/mol. The summed E-state index contributed by atoms with van der Waals surface area (Å²) in [7, 11) is 3.58. The molecule has 0 aromatic heterocycles. The summed E-state index contributed by atoms with van der Waals surface area (Å²) in [6.45, 7) is 0.268. The van der Waals surface area contributed by atoms with Crippen LogP contribution in [0.4, 0.5) is 0 Å². The lowest BCUT2D eigenvalue weighted by molar-refractivity contribution is -0.147.